The van der Waals surface area contributed by atoms with Crippen molar-refractivity contribution in [1.29, 1.82) is 0 Å². The van der Waals surface area contributed by atoms with Crippen LogP contribution in [0.25, 0.3) is 11.3 Å². The number of anilines is 1. The molecule has 148 valence electrons. The van der Waals surface area contributed by atoms with Crippen LogP contribution in [0.4, 0.5) is 19.4 Å². The van der Waals surface area contributed by atoms with Gasteiger partial charge in [-0.25, -0.2) is 13.6 Å². The number of nitrogens with one attached hydrogen (secondary N) is 2. The lowest BCUT2D eigenvalue weighted by atomic mass is 9.79. The van der Waals surface area contributed by atoms with Crippen LogP contribution in [0.3, 0.4) is 0 Å². The van der Waals surface area contributed by atoms with Crippen molar-refractivity contribution in [1.82, 2.24) is 15.5 Å². The van der Waals surface area contributed by atoms with Gasteiger partial charge in [0.05, 0.1) is 12.2 Å². The second-order valence-corrected chi connectivity index (χ2v) is 7.48. The summed E-state index contributed by atoms with van der Waals surface area (Å²) in [7, 11) is 0. The summed E-state index contributed by atoms with van der Waals surface area (Å²) in [6.07, 6.45) is 0.867. The monoisotopic (exact) mass is 388 g/mol. The van der Waals surface area contributed by atoms with Crippen LogP contribution in [0.1, 0.15) is 37.7 Å². The fourth-order valence-corrected chi connectivity index (χ4v) is 3.85. The summed E-state index contributed by atoms with van der Waals surface area (Å²) >= 11 is 0. The smallest absolute Gasteiger partial charge is 0.407 e. The molecule has 1 aromatic carbocycles. The first kappa shape index (κ1) is 18.6. The second kappa shape index (κ2) is 7.69. The van der Waals surface area contributed by atoms with Crippen LogP contribution < -0.4 is 10.6 Å². The fraction of sp³-hybridized carbons (Fsp3) is 0.450. The molecule has 1 aromatic heterocycles. The minimum Gasteiger partial charge on any atom is -0.441 e. The number of ether oxygens (including phenoxy) is 1. The van der Waals surface area contributed by atoms with E-state index in [-0.39, 0.29) is 17.3 Å². The fourth-order valence-electron chi connectivity index (χ4n) is 3.85. The maximum atomic E-state index is 12.8. The maximum absolute atomic E-state index is 12.8. The lowest BCUT2D eigenvalue weighted by Crippen LogP contribution is -2.39. The van der Waals surface area contributed by atoms with E-state index in [1.54, 1.807) is 18.2 Å². The van der Waals surface area contributed by atoms with Gasteiger partial charge in [0.2, 0.25) is 0 Å². The van der Waals surface area contributed by atoms with Crippen LogP contribution in [-0.2, 0) is 4.74 Å². The zero-order chi connectivity index (χ0) is 19.6. The molecule has 0 bridgehead atoms. The molecule has 1 saturated carbocycles. The number of halogens is 2. The summed E-state index contributed by atoms with van der Waals surface area (Å²) in [5.41, 5.74) is 0.832. The summed E-state index contributed by atoms with van der Waals surface area (Å²) in [5.74, 6) is 1.14. The van der Waals surface area contributed by atoms with Crippen molar-refractivity contribution in [2.75, 3.05) is 18.4 Å². The molecule has 0 radical (unpaired) electrons. The maximum Gasteiger partial charge on any atom is 0.407 e. The van der Waals surface area contributed by atoms with Crippen molar-refractivity contribution in [3.05, 3.63) is 42.0 Å². The third kappa shape index (κ3) is 4.05. The van der Waals surface area contributed by atoms with E-state index in [4.69, 9.17) is 4.74 Å². The van der Waals surface area contributed by atoms with Gasteiger partial charge in [-0.1, -0.05) is 18.2 Å². The molecule has 6 nitrogen and oxygen atoms in total. The molecule has 2 heterocycles. The average molecular weight is 388 g/mol. The lowest BCUT2D eigenvalue weighted by molar-refractivity contribution is 0.0148. The molecule has 4 rings (SSSR count). The number of aromatic nitrogens is 2. The number of amides is 1. The van der Waals surface area contributed by atoms with Crippen molar-refractivity contribution in [3.63, 3.8) is 0 Å². The van der Waals surface area contributed by atoms with Crippen LogP contribution in [0.2, 0.25) is 0 Å². The zero-order valence-electron chi connectivity index (χ0n) is 15.3. The van der Waals surface area contributed by atoms with Crippen LogP contribution in [-0.4, -0.2) is 35.0 Å². The number of hydrogen-bond donors (Lipinski definition) is 2. The van der Waals surface area contributed by atoms with E-state index in [9.17, 15) is 13.6 Å². The normalized spacial score (nSPS) is 24.2. The number of nitrogens with zero attached hydrogens (tertiary/aromatic N) is 2. The highest BCUT2D eigenvalue weighted by Gasteiger charge is 2.43. The molecule has 2 N–H and O–H groups in total. The summed E-state index contributed by atoms with van der Waals surface area (Å²) in [4.78, 5) is 11.3. The third-order valence-electron chi connectivity index (χ3n) is 5.55. The summed E-state index contributed by atoms with van der Waals surface area (Å²) in [6, 6.07) is 9.76. The summed E-state index contributed by atoms with van der Waals surface area (Å²) in [6.45, 7) is 1.37. The molecule has 1 amide bonds. The number of carbonyl (C=O) groups excluding carboxylic acids is 1. The van der Waals surface area contributed by atoms with E-state index in [0.29, 0.717) is 29.5 Å². The van der Waals surface area contributed by atoms with Crippen LogP contribution in [0.15, 0.2) is 36.4 Å². The molecule has 2 fully saturated rings. The van der Waals surface area contributed by atoms with Crippen molar-refractivity contribution in [2.45, 2.75) is 37.7 Å². The Balaban J connectivity index is 1.31. The van der Waals surface area contributed by atoms with Gasteiger partial charge in [-0.05, 0) is 49.8 Å². The van der Waals surface area contributed by atoms with Gasteiger partial charge in [0.15, 0.2) is 0 Å². The van der Waals surface area contributed by atoms with Gasteiger partial charge in [0.1, 0.15) is 11.4 Å². The Morgan fingerprint density at radius 3 is 2.68 bits per heavy atom. The van der Waals surface area contributed by atoms with Gasteiger partial charge in [-0.2, -0.15) is 0 Å². The summed E-state index contributed by atoms with van der Waals surface area (Å²) < 4.78 is 31.1. The number of rotatable bonds is 5. The highest BCUT2D eigenvalue weighted by atomic mass is 19.3. The molecule has 1 aliphatic carbocycles. The quantitative estimate of drug-likeness (QED) is 0.804. The SMILES string of the molecule is O=C1NC[C@]2(CC[C@@H](CNc3ccc(-c4cccc(C(F)F)c4)nn3)CC2)O1. The van der Waals surface area contributed by atoms with Gasteiger partial charge in [-0.15, -0.1) is 10.2 Å². The molecule has 28 heavy (non-hydrogen) atoms. The minimum absolute atomic E-state index is 0.0280. The van der Waals surface area contributed by atoms with Crippen molar-refractivity contribution in [3.8, 4) is 11.3 Å². The Bertz CT molecular complexity index is 836. The number of benzene rings is 1. The van der Waals surface area contributed by atoms with E-state index >= 15 is 0 Å². The standard InChI is InChI=1S/C20H22F2N4O2/c21-18(22)15-3-1-2-14(10-15)16-4-5-17(26-25-16)23-11-13-6-8-20(9-7-13)12-24-19(27)28-20/h1-5,10,13,18H,6-9,11-12H2,(H,23,26)(H,24,27)/t13-,20-. The van der Waals surface area contributed by atoms with E-state index in [0.717, 1.165) is 32.2 Å². The number of alkyl halides is 2. The molecular weight excluding hydrogens is 366 g/mol. The first-order valence-corrected chi connectivity index (χ1v) is 9.46. The average Bonchev–Trinajstić information content (AvgIpc) is 3.08. The van der Waals surface area contributed by atoms with Crippen LogP contribution in [0.5, 0.6) is 0 Å². The third-order valence-corrected chi connectivity index (χ3v) is 5.55. The van der Waals surface area contributed by atoms with Gasteiger partial charge in [-0.3, -0.25) is 0 Å². The molecular formula is C20H22F2N4O2. The molecule has 0 atom stereocenters. The molecule has 0 unspecified atom stereocenters. The number of alkyl carbamates (subject to hydrolysis) is 1. The summed E-state index contributed by atoms with van der Waals surface area (Å²) in [5, 5.41) is 14.4. The van der Waals surface area contributed by atoms with E-state index < -0.39 is 6.43 Å². The molecule has 1 saturated heterocycles. The molecule has 1 aliphatic heterocycles. The minimum atomic E-state index is -2.51. The Hall–Kier alpha value is -2.77. The topological polar surface area (TPSA) is 76.1 Å². The van der Waals surface area contributed by atoms with Gasteiger partial charge < -0.3 is 15.4 Å². The van der Waals surface area contributed by atoms with Crippen molar-refractivity contribution >= 4 is 11.9 Å². The van der Waals surface area contributed by atoms with Crippen molar-refractivity contribution in [2.24, 2.45) is 5.92 Å². The van der Waals surface area contributed by atoms with E-state index in [1.807, 2.05) is 6.07 Å². The lowest BCUT2D eigenvalue weighted by Gasteiger charge is -2.34. The Morgan fingerprint density at radius 2 is 2.04 bits per heavy atom. The number of carbonyl (C=O) groups is 1. The van der Waals surface area contributed by atoms with E-state index in [2.05, 4.69) is 20.8 Å². The predicted octanol–water partition coefficient (Wildman–Crippen LogP) is 4.16. The Labute approximate surface area is 161 Å². The Kier molecular flexibility index (Phi) is 5.11. The highest BCUT2D eigenvalue weighted by molar-refractivity contribution is 5.70. The Morgan fingerprint density at radius 1 is 1.21 bits per heavy atom. The number of hydrogen-bond acceptors (Lipinski definition) is 5. The van der Waals surface area contributed by atoms with Gasteiger partial charge >= 0.3 is 6.09 Å². The molecule has 2 aliphatic rings. The largest absolute Gasteiger partial charge is 0.441 e. The van der Waals surface area contributed by atoms with Gasteiger partial charge in [0.25, 0.3) is 6.43 Å². The first-order chi connectivity index (χ1) is 13.5. The zero-order valence-corrected chi connectivity index (χ0v) is 15.3. The molecule has 2 aromatic rings. The second-order valence-electron chi connectivity index (χ2n) is 7.48. The van der Waals surface area contributed by atoms with Crippen LogP contribution in [0, 0.1) is 5.92 Å². The van der Waals surface area contributed by atoms with Crippen LogP contribution >= 0.6 is 0 Å². The predicted molar refractivity (Wildman–Crippen MR) is 100 cm³/mol. The highest BCUT2D eigenvalue weighted by Crippen LogP contribution is 2.36. The van der Waals surface area contributed by atoms with Gasteiger partial charge in [0, 0.05) is 17.7 Å². The van der Waals surface area contributed by atoms with E-state index in [1.165, 1.54) is 12.1 Å². The first-order valence-electron chi connectivity index (χ1n) is 9.46. The molecule has 8 heteroatoms. The molecule has 1 spiro atoms. The van der Waals surface area contributed by atoms with Crippen molar-refractivity contribution < 1.29 is 18.3 Å².